The van der Waals surface area contributed by atoms with Gasteiger partial charge >= 0.3 is 0 Å². The van der Waals surface area contributed by atoms with Gasteiger partial charge in [0, 0.05) is 6.54 Å². The van der Waals surface area contributed by atoms with E-state index in [4.69, 9.17) is 11.5 Å². The van der Waals surface area contributed by atoms with Crippen molar-refractivity contribution in [2.75, 3.05) is 6.54 Å². The lowest BCUT2D eigenvalue weighted by molar-refractivity contribution is -0.126. The van der Waals surface area contributed by atoms with Crippen LogP contribution in [-0.2, 0) is 9.59 Å². The van der Waals surface area contributed by atoms with E-state index in [0.29, 0.717) is 12.5 Å². The molecule has 0 bridgehead atoms. The van der Waals surface area contributed by atoms with Crippen LogP contribution >= 0.6 is 0 Å². The third kappa shape index (κ3) is 3.33. The molecule has 1 atom stereocenters. The smallest absolute Gasteiger partial charge is 0.237 e. The van der Waals surface area contributed by atoms with E-state index in [1.54, 1.807) is 0 Å². The number of primary amides is 1. The van der Waals surface area contributed by atoms with Crippen molar-refractivity contribution < 1.29 is 9.59 Å². The van der Waals surface area contributed by atoms with Gasteiger partial charge in [-0.2, -0.15) is 0 Å². The first-order valence-corrected chi connectivity index (χ1v) is 4.91. The second-order valence-corrected chi connectivity index (χ2v) is 3.82. The van der Waals surface area contributed by atoms with Crippen LogP contribution in [0, 0.1) is 5.92 Å². The van der Waals surface area contributed by atoms with Gasteiger partial charge in [-0.25, -0.2) is 0 Å². The average molecular weight is 199 g/mol. The molecule has 0 aromatic carbocycles. The van der Waals surface area contributed by atoms with Crippen molar-refractivity contribution in [1.29, 1.82) is 0 Å². The summed E-state index contributed by atoms with van der Waals surface area (Å²) < 4.78 is 0. The molecule has 0 spiro atoms. The van der Waals surface area contributed by atoms with Crippen molar-refractivity contribution >= 4 is 11.8 Å². The van der Waals surface area contributed by atoms with Gasteiger partial charge in [-0.05, 0) is 18.8 Å². The fraction of sp³-hybridized carbons (Fsp3) is 0.778. The predicted molar refractivity (Wildman–Crippen MR) is 52.1 cm³/mol. The molecule has 5 N–H and O–H groups in total. The third-order valence-corrected chi connectivity index (χ3v) is 2.55. The van der Waals surface area contributed by atoms with Crippen LogP contribution in [0.25, 0.3) is 0 Å². The third-order valence-electron chi connectivity index (χ3n) is 2.55. The van der Waals surface area contributed by atoms with Gasteiger partial charge < -0.3 is 16.8 Å². The number of hydrogen-bond donors (Lipinski definition) is 3. The topological polar surface area (TPSA) is 98.2 Å². The van der Waals surface area contributed by atoms with Crippen LogP contribution in [0.15, 0.2) is 0 Å². The summed E-state index contributed by atoms with van der Waals surface area (Å²) in [5, 5.41) is 2.72. The normalized spacial score (nSPS) is 18.4. The summed E-state index contributed by atoms with van der Waals surface area (Å²) in [4.78, 5) is 21.8. The monoisotopic (exact) mass is 199 g/mol. The standard InChI is InChI=1S/C9H17N3O2/c10-7(4-8(11)13)9(14)12-5-6-2-1-3-6/h6-7H,1-5,10H2,(H2,11,13)(H,12,14). The highest BCUT2D eigenvalue weighted by Crippen LogP contribution is 2.25. The maximum absolute atomic E-state index is 11.3. The first kappa shape index (κ1) is 11.0. The van der Waals surface area contributed by atoms with E-state index in [9.17, 15) is 9.59 Å². The van der Waals surface area contributed by atoms with Crippen molar-refractivity contribution in [3.05, 3.63) is 0 Å². The molecule has 1 rings (SSSR count). The Kier molecular flexibility index (Phi) is 3.88. The molecule has 1 saturated carbocycles. The molecule has 0 heterocycles. The molecule has 0 aliphatic heterocycles. The molecule has 0 aromatic rings. The Labute approximate surface area is 83.2 Å². The van der Waals surface area contributed by atoms with Gasteiger partial charge in [0.15, 0.2) is 0 Å². The second kappa shape index (κ2) is 4.95. The summed E-state index contributed by atoms with van der Waals surface area (Å²) in [6.07, 6.45) is 3.50. The Hall–Kier alpha value is -1.10. The van der Waals surface area contributed by atoms with Gasteiger partial charge in [-0.3, -0.25) is 9.59 Å². The molecule has 5 heteroatoms. The first-order chi connectivity index (χ1) is 6.59. The summed E-state index contributed by atoms with van der Waals surface area (Å²) in [6, 6.07) is -0.799. The highest BCUT2D eigenvalue weighted by molar-refractivity contribution is 5.87. The SMILES string of the molecule is NC(=O)CC(N)C(=O)NCC1CCC1. The van der Waals surface area contributed by atoms with Crippen molar-refractivity contribution in [3.63, 3.8) is 0 Å². The van der Waals surface area contributed by atoms with E-state index in [2.05, 4.69) is 5.32 Å². The summed E-state index contributed by atoms with van der Waals surface area (Å²) in [5.41, 5.74) is 10.4. The molecule has 80 valence electrons. The van der Waals surface area contributed by atoms with Gasteiger partial charge in [0.1, 0.15) is 0 Å². The minimum Gasteiger partial charge on any atom is -0.370 e. The molecule has 0 saturated heterocycles. The fourth-order valence-electron chi connectivity index (χ4n) is 1.38. The van der Waals surface area contributed by atoms with Crippen molar-refractivity contribution in [2.45, 2.75) is 31.7 Å². The minimum absolute atomic E-state index is 0.0868. The van der Waals surface area contributed by atoms with Crippen molar-refractivity contribution in [3.8, 4) is 0 Å². The van der Waals surface area contributed by atoms with E-state index in [1.807, 2.05) is 0 Å². The number of carbonyl (C=O) groups excluding carboxylic acids is 2. The molecular weight excluding hydrogens is 182 g/mol. The molecule has 1 aliphatic carbocycles. The van der Waals surface area contributed by atoms with E-state index in [1.165, 1.54) is 19.3 Å². The lowest BCUT2D eigenvalue weighted by Gasteiger charge is -2.25. The number of rotatable bonds is 5. The Morgan fingerprint density at radius 3 is 2.50 bits per heavy atom. The zero-order valence-electron chi connectivity index (χ0n) is 8.16. The summed E-state index contributed by atoms with van der Waals surface area (Å²) in [7, 11) is 0. The van der Waals surface area contributed by atoms with E-state index in [-0.39, 0.29) is 12.3 Å². The molecule has 0 radical (unpaired) electrons. The molecule has 1 fully saturated rings. The van der Waals surface area contributed by atoms with Gasteiger partial charge in [-0.15, -0.1) is 0 Å². The van der Waals surface area contributed by atoms with E-state index >= 15 is 0 Å². The zero-order valence-corrected chi connectivity index (χ0v) is 8.16. The van der Waals surface area contributed by atoms with E-state index < -0.39 is 11.9 Å². The van der Waals surface area contributed by atoms with Crippen LogP contribution in [0.1, 0.15) is 25.7 Å². The number of amides is 2. The quantitative estimate of drug-likeness (QED) is 0.535. The number of carbonyl (C=O) groups is 2. The summed E-state index contributed by atoms with van der Waals surface area (Å²) in [5.74, 6) is -0.230. The molecule has 5 nitrogen and oxygen atoms in total. The molecule has 1 unspecified atom stereocenters. The van der Waals surface area contributed by atoms with Gasteiger partial charge in [-0.1, -0.05) is 6.42 Å². The average Bonchev–Trinajstić information content (AvgIpc) is 1.99. The molecule has 2 amide bonds. The van der Waals surface area contributed by atoms with Crippen LogP contribution in [0.4, 0.5) is 0 Å². The number of nitrogens with two attached hydrogens (primary N) is 2. The van der Waals surface area contributed by atoms with Crippen molar-refractivity contribution in [1.82, 2.24) is 5.32 Å². The zero-order chi connectivity index (χ0) is 10.6. The van der Waals surface area contributed by atoms with Crippen LogP contribution in [-0.4, -0.2) is 24.4 Å². The van der Waals surface area contributed by atoms with Gasteiger partial charge in [0.05, 0.1) is 12.5 Å². The summed E-state index contributed by atoms with van der Waals surface area (Å²) in [6.45, 7) is 0.672. The Morgan fingerprint density at radius 1 is 1.43 bits per heavy atom. The molecule has 14 heavy (non-hydrogen) atoms. The minimum atomic E-state index is -0.799. The van der Waals surface area contributed by atoms with Crippen LogP contribution in [0.5, 0.6) is 0 Å². The molecule has 0 aromatic heterocycles. The van der Waals surface area contributed by atoms with Crippen LogP contribution < -0.4 is 16.8 Å². The molecule has 1 aliphatic rings. The Bertz CT molecular complexity index is 226. The largest absolute Gasteiger partial charge is 0.370 e. The maximum Gasteiger partial charge on any atom is 0.237 e. The molecular formula is C9H17N3O2. The number of nitrogens with one attached hydrogen (secondary N) is 1. The first-order valence-electron chi connectivity index (χ1n) is 4.91. The predicted octanol–water partition coefficient (Wildman–Crippen LogP) is -0.895. The highest BCUT2D eigenvalue weighted by atomic mass is 16.2. The lowest BCUT2D eigenvalue weighted by Crippen LogP contribution is -2.45. The van der Waals surface area contributed by atoms with Gasteiger partial charge in [0.25, 0.3) is 0 Å². The maximum atomic E-state index is 11.3. The Morgan fingerprint density at radius 2 is 2.07 bits per heavy atom. The lowest BCUT2D eigenvalue weighted by atomic mass is 9.85. The van der Waals surface area contributed by atoms with Crippen molar-refractivity contribution in [2.24, 2.45) is 17.4 Å². The number of hydrogen-bond acceptors (Lipinski definition) is 3. The van der Waals surface area contributed by atoms with E-state index in [0.717, 1.165) is 0 Å². The fourth-order valence-corrected chi connectivity index (χ4v) is 1.38. The highest BCUT2D eigenvalue weighted by Gasteiger charge is 2.20. The Balaban J connectivity index is 2.15. The van der Waals surface area contributed by atoms with Gasteiger partial charge in [0.2, 0.25) is 11.8 Å². The van der Waals surface area contributed by atoms with Crippen LogP contribution in [0.3, 0.4) is 0 Å². The summed E-state index contributed by atoms with van der Waals surface area (Å²) >= 11 is 0. The van der Waals surface area contributed by atoms with Crippen LogP contribution in [0.2, 0.25) is 0 Å². The second-order valence-electron chi connectivity index (χ2n) is 3.82.